The van der Waals surface area contributed by atoms with Crippen molar-refractivity contribution in [2.75, 3.05) is 7.11 Å². The van der Waals surface area contributed by atoms with E-state index in [0.717, 1.165) is 50.5 Å². The molecule has 0 N–H and O–H groups in total. The Morgan fingerprint density at radius 3 is 2.63 bits per heavy atom. The molecule has 148 valence electrons. The summed E-state index contributed by atoms with van der Waals surface area (Å²) in [4.78, 5) is 24.6. The minimum Gasteiger partial charge on any atom is -0.469 e. The molecule has 4 rings (SSSR count). The van der Waals surface area contributed by atoms with E-state index in [-0.39, 0.29) is 34.8 Å². The number of methoxy groups -OCH3 is 1. The average molecular weight is 373 g/mol. The van der Waals surface area contributed by atoms with Gasteiger partial charge >= 0.3 is 11.9 Å². The van der Waals surface area contributed by atoms with Crippen LogP contribution in [0.4, 0.5) is 0 Å². The molecule has 0 unspecified atom stereocenters. The van der Waals surface area contributed by atoms with E-state index < -0.39 is 5.41 Å². The molecule has 0 aliphatic heterocycles. The summed E-state index contributed by atoms with van der Waals surface area (Å²) in [5, 5.41) is 0. The van der Waals surface area contributed by atoms with Gasteiger partial charge in [-0.15, -0.1) is 0 Å². The fraction of sp³-hybridized carbons (Fsp3) is 0.739. The van der Waals surface area contributed by atoms with Crippen molar-refractivity contribution in [3.63, 3.8) is 0 Å². The monoisotopic (exact) mass is 372 g/mol. The number of rotatable bonds is 2. The molecule has 0 aromatic heterocycles. The van der Waals surface area contributed by atoms with Gasteiger partial charge in [0.15, 0.2) is 0 Å². The maximum atomic E-state index is 12.7. The second-order valence-electron chi connectivity index (χ2n) is 9.75. The zero-order valence-electron chi connectivity index (χ0n) is 17.1. The number of carbonyl (C=O) groups excluding carboxylic acids is 2. The van der Waals surface area contributed by atoms with Gasteiger partial charge in [0.2, 0.25) is 0 Å². The lowest BCUT2D eigenvalue weighted by Gasteiger charge is -2.60. The number of esters is 2. The third kappa shape index (κ3) is 2.34. The van der Waals surface area contributed by atoms with Gasteiger partial charge < -0.3 is 9.47 Å². The van der Waals surface area contributed by atoms with Crippen LogP contribution in [0.2, 0.25) is 0 Å². The zero-order valence-corrected chi connectivity index (χ0v) is 17.1. The van der Waals surface area contributed by atoms with Gasteiger partial charge in [-0.25, -0.2) is 0 Å². The van der Waals surface area contributed by atoms with Gasteiger partial charge in [-0.1, -0.05) is 31.6 Å². The number of allylic oxidation sites excluding steroid dienone is 1. The highest BCUT2D eigenvalue weighted by atomic mass is 16.5. The summed E-state index contributed by atoms with van der Waals surface area (Å²) in [7, 11) is 1.51. The highest BCUT2D eigenvalue weighted by molar-refractivity contribution is 5.77. The van der Waals surface area contributed by atoms with Crippen LogP contribution in [0.15, 0.2) is 23.8 Å². The number of carbonyl (C=O) groups is 2. The highest BCUT2D eigenvalue weighted by Gasteiger charge is 2.66. The van der Waals surface area contributed by atoms with Crippen LogP contribution in [0.1, 0.15) is 65.7 Å². The van der Waals surface area contributed by atoms with E-state index in [0.29, 0.717) is 5.92 Å². The van der Waals surface area contributed by atoms with Crippen molar-refractivity contribution < 1.29 is 19.1 Å². The van der Waals surface area contributed by atoms with Crippen LogP contribution < -0.4 is 0 Å². The van der Waals surface area contributed by atoms with Gasteiger partial charge in [0.05, 0.1) is 12.5 Å². The molecule has 4 aliphatic rings. The minimum absolute atomic E-state index is 0.0482. The van der Waals surface area contributed by atoms with E-state index in [1.54, 1.807) is 0 Å². The summed E-state index contributed by atoms with van der Waals surface area (Å²) in [6.07, 6.45) is 9.14. The van der Waals surface area contributed by atoms with E-state index in [2.05, 4.69) is 26.5 Å². The first-order valence-electron chi connectivity index (χ1n) is 10.3. The quantitative estimate of drug-likeness (QED) is 0.525. The van der Waals surface area contributed by atoms with Crippen molar-refractivity contribution in [2.24, 2.45) is 28.1 Å². The predicted octanol–water partition coefficient (Wildman–Crippen LogP) is 4.59. The summed E-state index contributed by atoms with van der Waals surface area (Å²) >= 11 is 0. The second-order valence-corrected chi connectivity index (χ2v) is 9.75. The number of hydrogen-bond donors (Lipinski definition) is 0. The summed E-state index contributed by atoms with van der Waals surface area (Å²) in [6, 6.07) is 0. The Bertz CT molecular complexity index is 737. The molecule has 0 saturated heterocycles. The molecule has 0 amide bonds. The van der Waals surface area contributed by atoms with Crippen LogP contribution in [0.25, 0.3) is 0 Å². The maximum Gasteiger partial charge on any atom is 0.311 e. The van der Waals surface area contributed by atoms with Crippen LogP contribution >= 0.6 is 0 Å². The largest absolute Gasteiger partial charge is 0.469 e. The molecule has 4 aliphatic carbocycles. The molecule has 0 aromatic carbocycles. The highest BCUT2D eigenvalue weighted by Crippen LogP contribution is 2.71. The number of ether oxygens (including phenoxy) is 2. The van der Waals surface area contributed by atoms with Gasteiger partial charge in [0.1, 0.15) is 6.10 Å². The Labute approximate surface area is 162 Å². The molecule has 2 bridgehead atoms. The van der Waals surface area contributed by atoms with Gasteiger partial charge in [-0.05, 0) is 68.3 Å². The molecule has 4 nitrogen and oxygen atoms in total. The third-order valence-electron chi connectivity index (χ3n) is 8.48. The molecule has 6 atom stereocenters. The van der Waals surface area contributed by atoms with Crippen molar-refractivity contribution in [2.45, 2.75) is 71.8 Å². The minimum atomic E-state index is -0.437. The van der Waals surface area contributed by atoms with Gasteiger partial charge in [0, 0.05) is 12.3 Å². The van der Waals surface area contributed by atoms with E-state index in [4.69, 9.17) is 9.47 Å². The van der Waals surface area contributed by atoms with Crippen LogP contribution in [0, 0.1) is 28.1 Å². The number of fused-ring (bicyclic) bond motifs is 3. The van der Waals surface area contributed by atoms with E-state index >= 15 is 0 Å². The predicted molar refractivity (Wildman–Crippen MR) is 103 cm³/mol. The summed E-state index contributed by atoms with van der Waals surface area (Å²) in [6.45, 7) is 10.3. The van der Waals surface area contributed by atoms with Crippen molar-refractivity contribution in [3.8, 4) is 0 Å². The molecule has 0 heterocycles. The molecule has 0 radical (unpaired) electrons. The maximum absolute atomic E-state index is 12.7. The Kier molecular flexibility index (Phi) is 4.14. The molecule has 1 spiro atoms. The third-order valence-corrected chi connectivity index (χ3v) is 8.48. The molecular weight excluding hydrogens is 340 g/mol. The van der Waals surface area contributed by atoms with Crippen molar-refractivity contribution in [1.29, 1.82) is 0 Å². The van der Waals surface area contributed by atoms with Gasteiger partial charge in [-0.3, -0.25) is 9.59 Å². The van der Waals surface area contributed by atoms with Crippen LogP contribution in [-0.2, 0) is 19.1 Å². The van der Waals surface area contributed by atoms with Crippen molar-refractivity contribution >= 4 is 11.9 Å². The van der Waals surface area contributed by atoms with E-state index in [9.17, 15) is 9.59 Å². The van der Waals surface area contributed by atoms with Crippen LogP contribution in [0.3, 0.4) is 0 Å². The molecule has 3 fully saturated rings. The van der Waals surface area contributed by atoms with Gasteiger partial charge in [0.25, 0.3) is 0 Å². The molecule has 0 aromatic rings. The Morgan fingerprint density at radius 1 is 1.22 bits per heavy atom. The van der Waals surface area contributed by atoms with Crippen LogP contribution in [-0.4, -0.2) is 25.2 Å². The summed E-state index contributed by atoms with van der Waals surface area (Å²) in [5.74, 6) is 0.383. The van der Waals surface area contributed by atoms with Crippen molar-refractivity contribution in [3.05, 3.63) is 23.8 Å². The molecule has 27 heavy (non-hydrogen) atoms. The van der Waals surface area contributed by atoms with E-state index in [1.807, 2.05) is 0 Å². The van der Waals surface area contributed by atoms with Gasteiger partial charge in [-0.2, -0.15) is 0 Å². The Balaban J connectivity index is 1.79. The van der Waals surface area contributed by atoms with Crippen LogP contribution in [0.5, 0.6) is 0 Å². The first-order chi connectivity index (χ1) is 12.7. The lowest BCUT2D eigenvalue weighted by atomic mass is 9.43. The topological polar surface area (TPSA) is 52.6 Å². The summed E-state index contributed by atoms with van der Waals surface area (Å²) in [5.41, 5.74) is 1.92. The zero-order chi connectivity index (χ0) is 19.6. The SMILES string of the molecule is C=C1[C@@H]2CC=C3[C@@](CC[C@@H]4[C@](C)(C(=O)OC)CCC[C@@]34C)(C2)[C@H]1OC(C)=O. The lowest BCUT2D eigenvalue weighted by Crippen LogP contribution is -2.56. The Hall–Kier alpha value is -1.58. The second kappa shape index (κ2) is 5.96. The first-order valence-corrected chi connectivity index (χ1v) is 10.3. The molecule has 3 saturated carbocycles. The fourth-order valence-electron chi connectivity index (χ4n) is 7.43. The number of hydrogen-bond acceptors (Lipinski definition) is 4. The smallest absolute Gasteiger partial charge is 0.311 e. The Morgan fingerprint density at radius 2 is 1.96 bits per heavy atom. The standard InChI is InChI=1S/C23H32O4/c1-14-16-7-8-18-21(3)10-6-11-22(4,20(25)26-5)17(21)9-12-23(18,13-16)19(14)27-15(2)24/h8,16-17,19H,1,6-7,9-13H2,2-5H3/t16-,17+,19+,21-,22-,23-/m1/s1. The normalized spacial score (nSPS) is 45.4. The summed E-state index contributed by atoms with van der Waals surface area (Å²) < 4.78 is 11.1. The molecule has 4 heteroatoms. The average Bonchev–Trinajstić information content (AvgIpc) is 2.81. The van der Waals surface area contributed by atoms with Crippen molar-refractivity contribution in [1.82, 2.24) is 0 Å². The lowest BCUT2D eigenvalue weighted by molar-refractivity contribution is -0.167. The fourth-order valence-corrected chi connectivity index (χ4v) is 7.43. The molecular formula is C23H32O4. The first kappa shape index (κ1) is 18.8. The van der Waals surface area contributed by atoms with E-state index in [1.165, 1.54) is 19.6 Å².